The molecule has 0 atom stereocenters. The van der Waals surface area contributed by atoms with Gasteiger partial charge in [-0.2, -0.15) is 0 Å². The first-order chi connectivity index (χ1) is 7.22. The Morgan fingerprint density at radius 3 is 2.47 bits per heavy atom. The van der Waals surface area contributed by atoms with Crippen LogP contribution in [0.3, 0.4) is 0 Å². The minimum absolute atomic E-state index is 0.581. The standard InChI is InChI=1S/C13H28N2/c1-4-5-10-15(3)12-13(11-14-2)8-6-7-9-13/h14H,4-12H2,1-3H3. The van der Waals surface area contributed by atoms with Gasteiger partial charge in [-0.1, -0.05) is 26.2 Å². The molecule has 0 radical (unpaired) electrons. The van der Waals surface area contributed by atoms with Gasteiger partial charge in [0.2, 0.25) is 0 Å². The molecule has 15 heavy (non-hydrogen) atoms. The van der Waals surface area contributed by atoms with Crippen LogP contribution in [0.2, 0.25) is 0 Å². The molecule has 0 aromatic carbocycles. The van der Waals surface area contributed by atoms with E-state index in [0.717, 1.165) is 0 Å². The average Bonchev–Trinajstić information content (AvgIpc) is 2.64. The first-order valence-electron chi connectivity index (χ1n) is 6.55. The van der Waals surface area contributed by atoms with Crippen molar-refractivity contribution in [1.82, 2.24) is 10.2 Å². The normalized spacial score (nSPS) is 20.0. The highest BCUT2D eigenvalue weighted by atomic mass is 15.1. The van der Waals surface area contributed by atoms with Crippen LogP contribution in [0.1, 0.15) is 45.4 Å². The smallest absolute Gasteiger partial charge is 0.00471 e. The van der Waals surface area contributed by atoms with Gasteiger partial charge in [0.15, 0.2) is 0 Å². The highest BCUT2D eigenvalue weighted by molar-refractivity contribution is 4.88. The zero-order valence-electron chi connectivity index (χ0n) is 10.8. The van der Waals surface area contributed by atoms with E-state index in [1.165, 1.54) is 58.2 Å². The molecule has 0 aromatic rings. The van der Waals surface area contributed by atoms with Crippen molar-refractivity contribution in [2.75, 3.05) is 33.7 Å². The third-order valence-electron chi connectivity index (χ3n) is 3.71. The average molecular weight is 212 g/mol. The predicted molar refractivity (Wildman–Crippen MR) is 67.2 cm³/mol. The molecule has 1 fully saturated rings. The third-order valence-corrected chi connectivity index (χ3v) is 3.71. The number of unbranched alkanes of at least 4 members (excludes halogenated alkanes) is 1. The minimum Gasteiger partial charge on any atom is -0.319 e. The molecule has 2 heteroatoms. The molecule has 0 saturated heterocycles. The Morgan fingerprint density at radius 1 is 1.27 bits per heavy atom. The molecule has 1 N–H and O–H groups in total. The van der Waals surface area contributed by atoms with Crippen molar-refractivity contribution >= 4 is 0 Å². The van der Waals surface area contributed by atoms with E-state index >= 15 is 0 Å². The van der Waals surface area contributed by atoms with Gasteiger partial charge in [0, 0.05) is 13.1 Å². The highest BCUT2D eigenvalue weighted by Crippen LogP contribution is 2.38. The van der Waals surface area contributed by atoms with Gasteiger partial charge in [0.05, 0.1) is 0 Å². The van der Waals surface area contributed by atoms with Crippen molar-refractivity contribution in [2.24, 2.45) is 5.41 Å². The first kappa shape index (κ1) is 13.0. The summed E-state index contributed by atoms with van der Waals surface area (Å²) in [6.45, 7) is 6.02. The van der Waals surface area contributed by atoms with Crippen molar-refractivity contribution in [2.45, 2.75) is 45.4 Å². The molecular weight excluding hydrogens is 184 g/mol. The molecule has 0 unspecified atom stereocenters. The van der Waals surface area contributed by atoms with Crippen LogP contribution in [0.4, 0.5) is 0 Å². The number of nitrogens with zero attached hydrogens (tertiary/aromatic N) is 1. The Balaban J connectivity index is 2.36. The molecule has 1 aliphatic carbocycles. The lowest BCUT2D eigenvalue weighted by molar-refractivity contribution is 0.174. The van der Waals surface area contributed by atoms with E-state index in [1.807, 2.05) is 0 Å². The van der Waals surface area contributed by atoms with Crippen LogP contribution in [-0.2, 0) is 0 Å². The Morgan fingerprint density at radius 2 is 1.93 bits per heavy atom. The summed E-state index contributed by atoms with van der Waals surface area (Å²) in [7, 11) is 4.37. The molecule has 0 spiro atoms. The number of rotatable bonds is 7. The van der Waals surface area contributed by atoms with E-state index in [0.29, 0.717) is 5.41 Å². The van der Waals surface area contributed by atoms with Crippen molar-refractivity contribution in [3.63, 3.8) is 0 Å². The van der Waals surface area contributed by atoms with E-state index in [-0.39, 0.29) is 0 Å². The van der Waals surface area contributed by atoms with E-state index in [2.05, 4.69) is 31.2 Å². The zero-order valence-corrected chi connectivity index (χ0v) is 10.8. The highest BCUT2D eigenvalue weighted by Gasteiger charge is 2.33. The number of hydrogen-bond acceptors (Lipinski definition) is 2. The molecule has 90 valence electrons. The summed E-state index contributed by atoms with van der Waals surface area (Å²) in [5.74, 6) is 0. The largest absolute Gasteiger partial charge is 0.319 e. The van der Waals surface area contributed by atoms with Gasteiger partial charge in [-0.15, -0.1) is 0 Å². The quantitative estimate of drug-likeness (QED) is 0.697. The van der Waals surface area contributed by atoms with Crippen LogP contribution in [0, 0.1) is 5.41 Å². The van der Waals surface area contributed by atoms with Crippen LogP contribution in [0.15, 0.2) is 0 Å². The van der Waals surface area contributed by atoms with Crippen molar-refractivity contribution in [3.05, 3.63) is 0 Å². The summed E-state index contributed by atoms with van der Waals surface area (Å²) < 4.78 is 0. The fourth-order valence-corrected chi connectivity index (χ4v) is 2.97. The molecule has 1 aliphatic rings. The number of nitrogens with one attached hydrogen (secondary N) is 1. The van der Waals surface area contributed by atoms with Gasteiger partial charge >= 0.3 is 0 Å². The molecule has 0 bridgehead atoms. The van der Waals surface area contributed by atoms with Gasteiger partial charge in [-0.05, 0) is 45.3 Å². The van der Waals surface area contributed by atoms with E-state index < -0.39 is 0 Å². The fourth-order valence-electron chi connectivity index (χ4n) is 2.97. The van der Waals surface area contributed by atoms with E-state index in [9.17, 15) is 0 Å². The monoisotopic (exact) mass is 212 g/mol. The lowest BCUT2D eigenvalue weighted by Gasteiger charge is -2.33. The molecule has 0 aliphatic heterocycles. The summed E-state index contributed by atoms with van der Waals surface area (Å²) in [5.41, 5.74) is 0.581. The maximum absolute atomic E-state index is 3.39. The molecular formula is C13H28N2. The SMILES string of the molecule is CCCCN(C)CC1(CNC)CCCC1. The molecule has 0 heterocycles. The van der Waals surface area contributed by atoms with Gasteiger partial charge in [0.1, 0.15) is 0 Å². The lowest BCUT2D eigenvalue weighted by Crippen LogP contribution is -2.40. The Bertz CT molecular complexity index is 162. The second-order valence-electron chi connectivity index (χ2n) is 5.33. The van der Waals surface area contributed by atoms with Crippen LogP contribution in [0.25, 0.3) is 0 Å². The van der Waals surface area contributed by atoms with E-state index in [1.54, 1.807) is 0 Å². The predicted octanol–water partition coefficient (Wildman–Crippen LogP) is 2.50. The van der Waals surface area contributed by atoms with Crippen LogP contribution < -0.4 is 5.32 Å². The lowest BCUT2D eigenvalue weighted by atomic mass is 9.85. The molecule has 2 nitrogen and oxygen atoms in total. The van der Waals surface area contributed by atoms with Crippen molar-refractivity contribution in [3.8, 4) is 0 Å². The van der Waals surface area contributed by atoms with E-state index in [4.69, 9.17) is 0 Å². The minimum atomic E-state index is 0.581. The summed E-state index contributed by atoms with van der Waals surface area (Å²) in [5, 5.41) is 3.39. The number of hydrogen-bond donors (Lipinski definition) is 1. The summed E-state index contributed by atoms with van der Waals surface area (Å²) in [6, 6.07) is 0. The van der Waals surface area contributed by atoms with Gasteiger partial charge < -0.3 is 10.2 Å². The van der Waals surface area contributed by atoms with Gasteiger partial charge in [-0.25, -0.2) is 0 Å². The van der Waals surface area contributed by atoms with Crippen LogP contribution in [0.5, 0.6) is 0 Å². The summed E-state index contributed by atoms with van der Waals surface area (Å²) >= 11 is 0. The molecule has 0 amide bonds. The Labute approximate surface area is 95.4 Å². The van der Waals surface area contributed by atoms with Crippen LogP contribution in [-0.4, -0.2) is 38.6 Å². The fraction of sp³-hybridized carbons (Fsp3) is 1.00. The van der Waals surface area contributed by atoms with Crippen molar-refractivity contribution < 1.29 is 0 Å². The molecule has 0 aromatic heterocycles. The maximum Gasteiger partial charge on any atom is 0.00471 e. The maximum atomic E-state index is 3.39. The topological polar surface area (TPSA) is 15.3 Å². The molecule has 1 saturated carbocycles. The second kappa shape index (κ2) is 6.49. The molecule has 1 rings (SSSR count). The van der Waals surface area contributed by atoms with Gasteiger partial charge in [0.25, 0.3) is 0 Å². The summed E-state index contributed by atoms with van der Waals surface area (Å²) in [4.78, 5) is 2.53. The third kappa shape index (κ3) is 4.12. The Kier molecular flexibility index (Phi) is 5.62. The Hall–Kier alpha value is -0.0800. The first-order valence-corrected chi connectivity index (χ1v) is 6.55. The van der Waals surface area contributed by atoms with Gasteiger partial charge in [-0.3, -0.25) is 0 Å². The second-order valence-corrected chi connectivity index (χ2v) is 5.33. The zero-order chi connectivity index (χ0) is 11.1. The van der Waals surface area contributed by atoms with Crippen LogP contribution >= 0.6 is 0 Å². The van der Waals surface area contributed by atoms with Crippen molar-refractivity contribution in [1.29, 1.82) is 0 Å². The summed E-state index contributed by atoms with van der Waals surface area (Å²) in [6.07, 6.45) is 8.36.